The van der Waals surface area contributed by atoms with Crippen LogP contribution in [-0.2, 0) is 19.0 Å². The van der Waals surface area contributed by atoms with E-state index in [4.69, 9.17) is 19.2 Å². The molecule has 0 saturated carbocycles. The first-order valence-electron chi connectivity index (χ1n) is 18.0. The topological polar surface area (TPSA) is 143 Å². The third kappa shape index (κ3) is 13.2. The number of carbonyl (C=O) groups excluding carboxylic acids is 3. The number of hydrogen-bond donors (Lipinski definition) is 3. The SMILES string of the molecule is CCCCCCCCC[C@@H]1C[C@@H]2CC[C@H]3[C@@H](C(=O)OCCCCN=C(NC(=O)OC(C)(C)C)NC(=O)OC(C)(C)C)[C@@H](C)N=C(N1)N23. The monoisotopic (exact) mass is 662 g/mol. The van der Waals surface area contributed by atoms with E-state index in [0.29, 0.717) is 24.9 Å². The number of esters is 1. The molecule has 0 radical (unpaired) electrons. The van der Waals surface area contributed by atoms with Crippen molar-refractivity contribution in [3.05, 3.63) is 0 Å². The fraction of sp³-hybridized carbons (Fsp3) is 0.857. The van der Waals surface area contributed by atoms with Crippen LogP contribution in [-0.4, -0.2) is 83.5 Å². The zero-order valence-corrected chi connectivity index (χ0v) is 30.3. The van der Waals surface area contributed by atoms with Gasteiger partial charge in [-0.3, -0.25) is 20.4 Å². The summed E-state index contributed by atoms with van der Waals surface area (Å²) in [6.45, 7) is 15.3. The van der Waals surface area contributed by atoms with Crippen LogP contribution in [0.2, 0.25) is 0 Å². The summed E-state index contributed by atoms with van der Waals surface area (Å²) in [5, 5.41) is 8.68. The second-order valence-electron chi connectivity index (χ2n) is 15.3. The Morgan fingerprint density at radius 3 is 2.13 bits per heavy atom. The van der Waals surface area contributed by atoms with Crippen molar-refractivity contribution in [1.29, 1.82) is 0 Å². The average molecular weight is 663 g/mol. The summed E-state index contributed by atoms with van der Waals surface area (Å²) in [4.78, 5) is 49.6. The summed E-state index contributed by atoms with van der Waals surface area (Å²) in [6.07, 6.45) is 13.3. The third-order valence-electron chi connectivity index (χ3n) is 8.67. The van der Waals surface area contributed by atoms with Gasteiger partial charge in [-0.2, -0.15) is 0 Å². The molecule has 2 amide bonds. The van der Waals surface area contributed by atoms with E-state index in [1.807, 2.05) is 6.92 Å². The van der Waals surface area contributed by atoms with Gasteiger partial charge in [0, 0.05) is 24.7 Å². The molecule has 47 heavy (non-hydrogen) atoms. The molecular weight excluding hydrogens is 600 g/mol. The third-order valence-corrected chi connectivity index (χ3v) is 8.67. The molecule has 0 spiro atoms. The highest BCUT2D eigenvalue weighted by atomic mass is 16.6. The van der Waals surface area contributed by atoms with Gasteiger partial charge in [0.25, 0.3) is 0 Å². The standard InChI is InChI=1S/C35H62N6O6/c1-9-10-11-12-13-14-15-18-25-23-26-19-20-27-28(24(2)37-31(38-25)41(26)27)29(42)45-22-17-16-21-36-30(39-32(43)46-34(3,4)5)40-33(44)47-35(6,7)8/h24-28H,9-23H2,1-8H3,(H,37,38)(H2,36,39,40,43,44)/t24-,25-,26+,27+,28+/m1/s1. The number of unbranched alkanes of at least 4 members (excludes halogenated alkanes) is 7. The first-order valence-corrected chi connectivity index (χ1v) is 18.0. The Hall–Kier alpha value is -3.05. The van der Waals surface area contributed by atoms with E-state index in [1.165, 1.54) is 51.4 Å². The molecule has 0 aromatic rings. The molecule has 0 bridgehead atoms. The summed E-state index contributed by atoms with van der Waals surface area (Å²) < 4.78 is 16.3. The molecule has 3 rings (SSSR count). The van der Waals surface area contributed by atoms with Crippen LogP contribution >= 0.6 is 0 Å². The largest absolute Gasteiger partial charge is 0.465 e. The number of carbonyl (C=O) groups is 3. The average Bonchev–Trinajstić information content (AvgIpc) is 3.36. The molecule has 268 valence electrons. The second-order valence-corrected chi connectivity index (χ2v) is 15.3. The highest BCUT2D eigenvalue weighted by molar-refractivity contribution is 6.01. The van der Waals surface area contributed by atoms with E-state index >= 15 is 0 Å². The molecule has 0 aromatic carbocycles. The Morgan fingerprint density at radius 1 is 0.894 bits per heavy atom. The van der Waals surface area contributed by atoms with Gasteiger partial charge in [0.15, 0.2) is 5.96 Å². The number of hydrogen-bond acceptors (Lipinski definition) is 10. The predicted molar refractivity (Wildman–Crippen MR) is 184 cm³/mol. The molecular formula is C35H62N6O6. The van der Waals surface area contributed by atoms with Gasteiger partial charge in [-0.25, -0.2) is 14.6 Å². The lowest BCUT2D eigenvalue weighted by molar-refractivity contribution is -0.151. The Kier molecular flexibility index (Phi) is 14.6. The van der Waals surface area contributed by atoms with Crippen LogP contribution < -0.4 is 16.0 Å². The lowest BCUT2D eigenvalue weighted by Gasteiger charge is -2.46. The highest BCUT2D eigenvalue weighted by Gasteiger charge is 2.50. The zero-order chi connectivity index (χ0) is 34.6. The van der Waals surface area contributed by atoms with Crippen molar-refractivity contribution in [2.75, 3.05) is 13.2 Å². The number of ether oxygens (including phenoxy) is 3. The fourth-order valence-corrected chi connectivity index (χ4v) is 6.65. The van der Waals surface area contributed by atoms with Gasteiger partial charge >= 0.3 is 18.2 Å². The first kappa shape index (κ1) is 38.4. The number of rotatable bonds is 14. The molecule has 12 nitrogen and oxygen atoms in total. The number of guanidine groups is 2. The molecule has 3 N–H and O–H groups in total. The molecule has 12 heteroatoms. The van der Waals surface area contributed by atoms with Gasteiger partial charge in [-0.05, 0) is 87.0 Å². The summed E-state index contributed by atoms with van der Waals surface area (Å²) in [5.41, 5.74) is -1.43. The van der Waals surface area contributed by atoms with E-state index in [0.717, 1.165) is 25.2 Å². The summed E-state index contributed by atoms with van der Waals surface area (Å²) in [5.74, 6) is 0.428. The number of amides is 2. The number of nitrogens with zero attached hydrogens (tertiary/aromatic N) is 3. The van der Waals surface area contributed by atoms with Crippen molar-refractivity contribution < 1.29 is 28.6 Å². The summed E-state index contributed by atoms with van der Waals surface area (Å²) >= 11 is 0. The lowest BCUT2D eigenvalue weighted by Crippen LogP contribution is -2.63. The molecule has 2 fully saturated rings. The quantitative estimate of drug-likeness (QED) is 0.0636. The minimum absolute atomic E-state index is 0.0641. The van der Waals surface area contributed by atoms with E-state index in [9.17, 15) is 14.4 Å². The molecule has 0 aliphatic carbocycles. The van der Waals surface area contributed by atoms with E-state index < -0.39 is 23.4 Å². The minimum atomic E-state index is -0.740. The van der Waals surface area contributed by atoms with Crippen molar-refractivity contribution in [2.24, 2.45) is 15.9 Å². The summed E-state index contributed by atoms with van der Waals surface area (Å²) in [7, 11) is 0. The zero-order valence-electron chi connectivity index (χ0n) is 30.3. The van der Waals surface area contributed by atoms with E-state index in [-0.39, 0.29) is 43.1 Å². The maximum absolute atomic E-state index is 13.3. The number of nitrogens with one attached hydrogen (secondary N) is 3. The Balaban J connectivity index is 1.45. The minimum Gasteiger partial charge on any atom is -0.465 e. The smallest absolute Gasteiger partial charge is 0.414 e. The Bertz CT molecular complexity index is 1070. The van der Waals surface area contributed by atoms with Crippen molar-refractivity contribution in [1.82, 2.24) is 20.9 Å². The van der Waals surface area contributed by atoms with Crippen molar-refractivity contribution >= 4 is 30.1 Å². The van der Waals surface area contributed by atoms with Crippen LogP contribution in [0.4, 0.5) is 9.59 Å². The molecule has 3 heterocycles. The predicted octanol–water partition coefficient (Wildman–Crippen LogP) is 6.43. The fourth-order valence-electron chi connectivity index (χ4n) is 6.65. The van der Waals surface area contributed by atoms with Crippen LogP contribution in [0.3, 0.4) is 0 Å². The van der Waals surface area contributed by atoms with Crippen molar-refractivity contribution in [2.45, 2.75) is 174 Å². The lowest BCUT2D eigenvalue weighted by atomic mass is 9.89. The van der Waals surface area contributed by atoms with Crippen LogP contribution in [0.15, 0.2) is 9.98 Å². The molecule has 3 aliphatic heterocycles. The van der Waals surface area contributed by atoms with Crippen LogP contribution in [0, 0.1) is 5.92 Å². The highest BCUT2D eigenvalue weighted by Crippen LogP contribution is 2.39. The van der Waals surface area contributed by atoms with Gasteiger partial charge in [-0.15, -0.1) is 0 Å². The van der Waals surface area contributed by atoms with Crippen LogP contribution in [0.1, 0.15) is 139 Å². The maximum Gasteiger partial charge on any atom is 0.414 e. The molecule has 3 aliphatic rings. The Labute approximate surface area is 282 Å². The summed E-state index contributed by atoms with van der Waals surface area (Å²) in [6, 6.07) is 0.870. The molecule has 2 saturated heterocycles. The second kappa shape index (κ2) is 17.9. The van der Waals surface area contributed by atoms with Gasteiger partial charge in [-0.1, -0.05) is 51.9 Å². The number of alkyl carbamates (subject to hydrolysis) is 2. The van der Waals surface area contributed by atoms with Gasteiger partial charge in [0.1, 0.15) is 11.2 Å². The Morgan fingerprint density at radius 2 is 1.51 bits per heavy atom. The van der Waals surface area contributed by atoms with Gasteiger partial charge < -0.3 is 24.4 Å². The van der Waals surface area contributed by atoms with Crippen molar-refractivity contribution in [3.63, 3.8) is 0 Å². The van der Waals surface area contributed by atoms with Gasteiger partial charge in [0.05, 0.1) is 18.6 Å². The number of aliphatic imine (C=N–C) groups is 2. The van der Waals surface area contributed by atoms with Crippen molar-refractivity contribution in [3.8, 4) is 0 Å². The van der Waals surface area contributed by atoms with Gasteiger partial charge in [0.2, 0.25) is 5.96 Å². The van der Waals surface area contributed by atoms with Crippen LogP contribution in [0.5, 0.6) is 0 Å². The molecule has 0 aromatic heterocycles. The first-order chi connectivity index (χ1) is 22.2. The maximum atomic E-state index is 13.3. The van der Waals surface area contributed by atoms with E-state index in [2.05, 4.69) is 32.8 Å². The molecule has 0 unspecified atom stereocenters. The normalized spacial score (nSPS) is 23.5. The van der Waals surface area contributed by atoms with Crippen LogP contribution in [0.25, 0.3) is 0 Å². The van der Waals surface area contributed by atoms with E-state index in [1.54, 1.807) is 41.5 Å². The molecule has 5 atom stereocenters.